The Bertz CT molecular complexity index is 314. The van der Waals surface area contributed by atoms with E-state index >= 15 is 0 Å². The highest BCUT2D eigenvalue weighted by Gasteiger charge is 2.45. The van der Waals surface area contributed by atoms with Crippen molar-refractivity contribution in [2.75, 3.05) is 19.7 Å². The molecule has 0 amide bonds. The lowest BCUT2D eigenvalue weighted by Crippen LogP contribution is -2.57. The molecule has 1 aliphatic heterocycles. The first-order chi connectivity index (χ1) is 9.95. The molecular formula is C18H35NO2. The van der Waals surface area contributed by atoms with E-state index in [2.05, 4.69) is 32.6 Å². The summed E-state index contributed by atoms with van der Waals surface area (Å²) in [6.07, 6.45) is 8.13. The molecule has 3 heteroatoms. The van der Waals surface area contributed by atoms with E-state index in [0.29, 0.717) is 5.92 Å². The Balaban J connectivity index is 2.06. The van der Waals surface area contributed by atoms with Crippen molar-refractivity contribution < 1.29 is 9.84 Å². The summed E-state index contributed by atoms with van der Waals surface area (Å²) in [6.45, 7) is 11.6. The summed E-state index contributed by atoms with van der Waals surface area (Å²) in [4.78, 5) is 2.39. The zero-order chi connectivity index (χ0) is 15.5. The third-order valence-electron chi connectivity index (χ3n) is 6.04. The third-order valence-corrected chi connectivity index (χ3v) is 6.04. The molecule has 21 heavy (non-hydrogen) atoms. The Labute approximate surface area is 131 Å². The number of aliphatic hydroxyl groups excluding tert-OH is 1. The molecule has 124 valence electrons. The van der Waals surface area contributed by atoms with Crippen molar-refractivity contribution >= 4 is 0 Å². The van der Waals surface area contributed by atoms with Crippen LogP contribution in [0.3, 0.4) is 0 Å². The van der Waals surface area contributed by atoms with Crippen LogP contribution in [0.25, 0.3) is 0 Å². The highest BCUT2D eigenvalue weighted by Crippen LogP contribution is 2.43. The van der Waals surface area contributed by atoms with Crippen LogP contribution in [0.15, 0.2) is 0 Å². The van der Waals surface area contributed by atoms with Crippen molar-refractivity contribution in [3.05, 3.63) is 0 Å². The highest BCUT2D eigenvalue weighted by atomic mass is 16.5. The number of hydrogen-bond donors (Lipinski definition) is 1. The molecule has 1 spiro atoms. The van der Waals surface area contributed by atoms with Crippen LogP contribution < -0.4 is 0 Å². The molecule has 0 bridgehead atoms. The standard InChI is InChI=1S/C18H35NO2/c1-5-19(6-2)17(3,4)16(20)15-10-13-21-18(14-15)11-8-7-9-12-18/h15-16,20H,5-14H2,1-4H3. The zero-order valence-electron chi connectivity index (χ0n) is 14.5. The fraction of sp³-hybridized carbons (Fsp3) is 1.00. The summed E-state index contributed by atoms with van der Waals surface area (Å²) in [6, 6.07) is 0. The van der Waals surface area contributed by atoms with Gasteiger partial charge in [0.05, 0.1) is 11.7 Å². The lowest BCUT2D eigenvalue weighted by atomic mass is 9.71. The lowest BCUT2D eigenvalue weighted by Gasteiger charge is -2.49. The van der Waals surface area contributed by atoms with Gasteiger partial charge < -0.3 is 9.84 Å². The van der Waals surface area contributed by atoms with E-state index in [4.69, 9.17) is 4.74 Å². The second-order valence-electron chi connectivity index (χ2n) is 7.62. The van der Waals surface area contributed by atoms with Crippen molar-refractivity contribution in [2.24, 2.45) is 5.92 Å². The van der Waals surface area contributed by atoms with E-state index in [1.54, 1.807) is 0 Å². The first-order valence-electron chi connectivity index (χ1n) is 9.02. The van der Waals surface area contributed by atoms with Crippen LogP contribution in [0.1, 0.15) is 72.6 Å². The van der Waals surface area contributed by atoms with Gasteiger partial charge in [-0.2, -0.15) is 0 Å². The van der Waals surface area contributed by atoms with Crippen LogP contribution in [0.4, 0.5) is 0 Å². The monoisotopic (exact) mass is 297 g/mol. The summed E-state index contributed by atoms with van der Waals surface area (Å²) < 4.78 is 6.19. The predicted octanol–water partition coefficient (Wildman–Crippen LogP) is 3.60. The average molecular weight is 297 g/mol. The molecular weight excluding hydrogens is 262 g/mol. The zero-order valence-corrected chi connectivity index (χ0v) is 14.5. The maximum Gasteiger partial charge on any atom is 0.0748 e. The minimum atomic E-state index is -0.264. The van der Waals surface area contributed by atoms with Crippen LogP contribution in [0.2, 0.25) is 0 Å². The Morgan fingerprint density at radius 1 is 1.19 bits per heavy atom. The summed E-state index contributed by atoms with van der Waals surface area (Å²) in [5.74, 6) is 0.382. The average Bonchev–Trinajstić information content (AvgIpc) is 2.48. The second-order valence-corrected chi connectivity index (χ2v) is 7.62. The predicted molar refractivity (Wildman–Crippen MR) is 87.5 cm³/mol. The van der Waals surface area contributed by atoms with Gasteiger partial charge in [-0.3, -0.25) is 4.90 Å². The van der Waals surface area contributed by atoms with Crippen LogP contribution in [0, 0.1) is 5.92 Å². The van der Waals surface area contributed by atoms with E-state index in [0.717, 1.165) is 32.5 Å². The number of aliphatic hydroxyl groups is 1. The lowest BCUT2D eigenvalue weighted by molar-refractivity contribution is -0.149. The number of nitrogens with zero attached hydrogens (tertiary/aromatic N) is 1. The molecule has 1 saturated carbocycles. The summed E-state index contributed by atoms with van der Waals surface area (Å²) >= 11 is 0. The van der Waals surface area contributed by atoms with Gasteiger partial charge in [0.2, 0.25) is 0 Å². The van der Waals surface area contributed by atoms with Crippen molar-refractivity contribution in [2.45, 2.75) is 89.9 Å². The minimum absolute atomic E-state index is 0.0848. The number of hydrogen-bond acceptors (Lipinski definition) is 3. The number of likely N-dealkylation sites (N-methyl/N-ethyl adjacent to an activating group) is 1. The van der Waals surface area contributed by atoms with Crippen LogP contribution in [0.5, 0.6) is 0 Å². The first kappa shape index (κ1) is 17.2. The normalized spacial score (nSPS) is 28.0. The van der Waals surface area contributed by atoms with Crippen LogP contribution >= 0.6 is 0 Å². The molecule has 0 aromatic carbocycles. The maximum absolute atomic E-state index is 11.1. The molecule has 3 nitrogen and oxygen atoms in total. The van der Waals surface area contributed by atoms with Crippen LogP contribution in [-0.2, 0) is 4.74 Å². The van der Waals surface area contributed by atoms with E-state index in [1.165, 1.54) is 32.1 Å². The third kappa shape index (κ3) is 3.62. The Kier molecular flexibility index (Phi) is 5.72. The van der Waals surface area contributed by atoms with E-state index in [-0.39, 0.29) is 17.2 Å². The molecule has 2 atom stereocenters. The van der Waals surface area contributed by atoms with E-state index in [1.807, 2.05) is 0 Å². The fourth-order valence-corrected chi connectivity index (χ4v) is 4.68. The van der Waals surface area contributed by atoms with Gasteiger partial charge in [0.1, 0.15) is 0 Å². The van der Waals surface area contributed by atoms with Gasteiger partial charge in [0.15, 0.2) is 0 Å². The highest BCUT2D eigenvalue weighted by molar-refractivity contribution is 4.98. The molecule has 1 heterocycles. The quantitative estimate of drug-likeness (QED) is 0.841. The van der Waals surface area contributed by atoms with Gasteiger partial charge in [-0.25, -0.2) is 0 Å². The molecule has 2 unspecified atom stereocenters. The Hall–Kier alpha value is -0.120. The van der Waals surface area contributed by atoms with Gasteiger partial charge >= 0.3 is 0 Å². The van der Waals surface area contributed by atoms with Crippen molar-refractivity contribution in [3.8, 4) is 0 Å². The van der Waals surface area contributed by atoms with Crippen molar-refractivity contribution in [3.63, 3.8) is 0 Å². The summed E-state index contributed by atoms with van der Waals surface area (Å²) in [5, 5.41) is 11.1. The Morgan fingerprint density at radius 3 is 2.38 bits per heavy atom. The molecule has 0 aromatic rings. The van der Waals surface area contributed by atoms with Gasteiger partial charge in [-0.1, -0.05) is 33.1 Å². The van der Waals surface area contributed by atoms with Crippen LogP contribution in [-0.4, -0.2) is 46.9 Å². The smallest absolute Gasteiger partial charge is 0.0748 e. The number of ether oxygens (including phenoxy) is 1. The van der Waals surface area contributed by atoms with Crippen molar-refractivity contribution in [1.29, 1.82) is 0 Å². The Morgan fingerprint density at radius 2 is 1.81 bits per heavy atom. The topological polar surface area (TPSA) is 32.7 Å². The fourth-order valence-electron chi connectivity index (χ4n) is 4.68. The minimum Gasteiger partial charge on any atom is -0.391 e. The molecule has 2 rings (SSSR count). The molecule has 1 saturated heterocycles. The maximum atomic E-state index is 11.1. The molecule has 2 aliphatic rings. The molecule has 0 aromatic heterocycles. The van der Waals surface area contributed by atoms with Gasteiger partial charge in [-0.05, 0) is 58.5 Å². The SMILES string of the molecule is CCN(CC)C(C)(C)C(O)C1CCOC2(CCCCC2)C1. The van der Waals surface area contributed by atoms with E-state index in [9.17, 15) is 5.11 Å². The first-order valence-corrected chi connectivity index (χ1v) is 9.02. The van der Waals surface area contributed by atoms with Crippen molar-refractivity contribution in [1.82, 2.24) is 4.90 Å². The number of rotatable bonds is 5. The van der Waals surface area contributed by atoms with Gasteiger partial charge in [0, 0.05) is 12.1 Å². The van der Waals surface area contributed by atoms with Gasteiger partial charge in [0.25, 0.3) is 0 Å². The molecule has 1 aliphatic carbocycles. The molecule has 0 radical (unpaired) electrons. The molecule has 1 N–H and O–H groups in total. The second kappa shape index (κ2) is 6.97. The van der Waals surface area contributed by atoms with Gasteiger partial charge in [-0.15, -0.1) is 0 Å². The molecule has 2 fully saturated rings. The van der Waals surface area contributed by atoms with E-state index < -0.39 is 0 Å². The summed E-state index contributed by atoms with van der Waals surface area (Å²) in [7, 11) is 0. The summed E-state index contributed by atoms with van der Waals surface area (Å²) in [5.41, 5.74) is -0.0666. The largest absolute Gasteiger partial charge is 0.391 e.